The van der Waals surface area contributed by atoms with Crippen LogP contribution in [0, 0.1) is 17.8 Å². The maximum absolute atomic E-state index is 3.18. The predicted octanol–water partition coefficient (Wildman–Crippen LogP) is 6.59. The molecule has 0 radical (unpaired) electrons. The smallest absolute Gasteiger partial charge is 0.0134 e. The van der Waals surface area contributed by atoms with Crippen molar-refractivity contribution in [3.05, 3.63) is 11.6 Å². The molecular formula is C21H43N. The first-order valence-electron chi connectivity index (χ1n) is 9.75. The first-order valence-corrected chi connectivity index (χ1v) is 9.75. The van der Waals surface area contributed by atoms with E-state index in [1.165, 1.54) is 57.8 Å². The van der Waals surface area contributed by atoms with Crippen LogP contribution in [0.4, 0.5) is 0 Å². The summed E-state index contributed by atoms with van der Waals surface area (Å²) in [6, 6.07) is 0. The fraction of sp³-hybridized carbons (Fsp3) is 0.905. The molecular weight excluding hydrogens is 266 g/mol. The van der Waals surface area contributed by atoms with E-state index in [-0.39, 0.29) is 0 Å². The van der Waals surface area contributed by atoms with Gasteiger partial charge in [0.25, 0.3) is 0 Å². The Morgan fingerprint density at radius 1 is 0.818 bits per heavy atom. The van der Waals surface area contributed by atoms with Gasteiger partial charge in [0.1, 0.15) is 0 Å². The molecule has 0 aromatic carbocycles. The quantitative estimate of drug-likeness (QED) is 0.357. The standard InChI is InChI=1S/C21H43N/c1-18(2)10-7-11-19(3)12-8-13-20(4)14-9-15-21(5)16-17-22-6/h16,18-20,22H,7-15,17H2,1-6H3/b21-16+. The molecule has 0 aliphatic rings. The lowest BCUT2D eigenvalue weighted by Crippen LogP contribution is -2.05. The minimum atomic E-state index is 0.873. The van der Waals surface area contributed by atoms with Gasteiger partial charge in [-0.25, -0.2) is 0 Å². The molecule has 0 aliphatic carbocycles. The first-order chi connectivity index (χ1) is 10.5. The normalized spacial score (nSPS) is 15.3. The highest BCUT2D eigenvalue weighted by atomic mass is 14.8. The third-order valence-corrected chi connectivity index (χ3v) is 4.79. The number of allylic oxidation sites excluding steroid dienone is 1. The zero-order valence-electron chi connectivity index (χ0n) is 16.4. The average Bonchev–Trinajstić information content (AvgIpc) is 2.44. The van der Waals surface area contributed by atoms with Gasteiger partial charge < -0.3 is 5.32 Å². The number of likely N-dealkylation sites (N-methyl/N-ethyl adjacent to an activating group) is 1. The summed E-state index contributed by atoms with van der Waals surface area (Å²) < 4.78 is 0. The Bertz CT molecular complexity index is 267. The summed E-state index contributed by atoms with van der Waals surface area (Å²) in [4.78, 5) is 0. The van der Waals surface area contributed by atoms with Gasteiger partial charge in [-0.05, 0) is 44.6 Å². The molecule has 0 saturated heterocycles. The topological polar surface area (TPSA) is 12.0 Å². The number of rotatable bonds is 14. The molecule has 0 aromatic rings. The Morgan fingerprint density at radius 2 is 1.32 bits per heavy atom. The summed E-state index contributed by atoms with van der Waals surface area (Å²) in [5, 5.41) is 3.18. The summed E-state index contributed by atoms with van der Waals surface area (Å²) in [6.45, 7) is 12.8. The Labute approximate surface area is 141 Å². The highest BCUT2D eigenvalue weighted by Crippen LogP contribution is 2.21. The van der Waals surface area contributed by atoms with Crippen molar-refractivity contribution in [2.75, 3.05) is 13.6 Å². The van der Waals surface area contributed by atoms with E-state index >= 15 is 0 Å². The van der Waals surface area contributed by atoms with Crippen LogP contribution in [0.15, 0.2) is 11.6 Å². The average molecular weight is 310 g/mol. The van der Waals surface area contributed by atoms with Crippen LogP contribution in [0.5, 0.6) is 0 Å². The molecule has 0 amide bonds. The minimum absolute atomic E-state index is 0.873. The second-order valence-corrected chi connectivity index (χ2v) is 7.97. The Hall–Kier alpha value is -0.300. The molecule has 1 nitrogen and oxygen atoms in total. The van der Waals surface area contributed by atoms with Gasteiger partial charge in [-0.2, -0.15) is 0 Å². The van der Waals surface area contributed by atoms with E-state index < -0.39 is 0 Å². The lowest BCUT2D eigenvalue weighted by atomic mass is 9.91. The molecule has 0 heterocycles. The zero-order chi connectivity index (χ0) is 16.8. The van der Waals surface area contributed by atoms with Crippen LogP contribution in [0.2, 0.25) is 0 Å². The summed E-state index contributed by atoms with van der Waals surface area (Å²) >= 11 is 0. The van der Waals surface area contributed by atoms with Crippen LogP contribution in [0.3, 0.4) is 0 Å². The van der Waals surface area contributed by atoms with Gasteiger partial charge in [-0.1, -0.05) is 84.3 Å². The second-order valence-electron chi connectivity index (χ2n) is 7.97. The summed E-state index contributed by atoms with van der Waals surface area (Å²) in [6.07, 6.45) is 14.9. The van der Waals surface area contributed by atoms with Crippen molar-refractivity contribution in [1.29, 1.82) is 0 Å². The van der Waals surface area contributed by atoms with Gasteiger partial charge in [-0.15, -0.1) is 0 Å². The molecule has 0 saturated carbocycles. The van der Waals surface area contributed by atoms with Crippen molar-refractivity contribution in [1.82, 2.24) is 5.32 Å². The maximum atomic E-state index is 3.18. The molecule has 0 aliphatic heterocycles. The van der Waals surface area contributed by atoms with Crippen LogP contribution in [-0.2, 0) is 0 Å². The molecule has 1 N–H and O–H groups in total. The van der Waals surface area contributed by atoms with Gasteiger partial charge in [0.15, 0.2) is 0 Å². The van der Waals surface area contributed by atoms with E-state index in [1.54, 1.807) is 5.57 Å². The van der Waals surface area contributed by atoms with Crippen LogP contribution >= 0.6 is 0 Å². The fourth-order valence-corrected chi connectivity index (χ4v) is 3.09. The molecule has 2 atom stereocenters. The summed E-state index contributed by atoms with van der Waals surface area (Å²) in [5.74, 6) is 2.70. The molecule has 0 bridgehead atoms. The van der Waals surface area contributed by atoms with Crippen molar-refractivity contribution >= 4 is 0 Å². The van der Waals surface area contributed by atoms with Crippen LogP contribution in [-0.4, -0.2) is 13.6 Å². The van der Waals surface area contributed by atoms with E-state index in [4.69, 9.17) is 0 Å². The third-order valence-electron chi connectivity index (χ3n) is 4.79. The SMILES string of the molecule is CNC/C=C(\C)CCCC(C)CCCC(C)CCCC(C)C. The maximum Gasteiger partial charge on any atom is 0.0134 e. The second kappa shape index (κ2) is 14.3. The van der Waals surface area contributed by atoms with Gasteiger partial charge in [-0.3, -0.25) is 0 Å². The van der Waals surface area contributed by atoms with Crippen LogP contribution < -0.4 is 5.32 Å². The fourth-order valence-electron chi connectivity index (χ4n) is 3.09. The van der Waals surface area contributed by atoms with E-state index in [9.17, 15) is 0 Å². The lowest BCUT2D eigenvalue weighted by Gasteiger charge is -2.15. The summed E-state index contributed by atoms with van der Waals surface area (Å²) in [7, 11) is 2.01. The molecule has 2 unspecified atom stereocenters. The zero-order valence-corrected chi connectivity index (χ0v) is 16.4. The Kier molecular flexibility index (Phi) is 14.1. The number of hydrogen-bond acceptors (Lipinski definition) is 1. The minimum Gasteiger partial charge on any atom is -0.316 e. The van der Waals surface area contributed by atoms with Crippen molar-refractivity contribution < 1.29 is 0 Å². The lowest BCUT2D eigenvalue weighted by molar-refractivity contribution is 0.389. The Balaban J connectivity index is 3.54. The summed E-state index contributed by atoms with van der Waals surface area (Å²) in [5.41, 5.74) is 1.54. The van der Waals surface area contributed by atoms with Gasteiger partial charge >= 0.3 is 0 Å². The van der Waals surface area contributed by atoms with Crippen molar-refractivity contribution in [2.45, 2.75) is 92.4 Å². The number of nitrogens with one attached hydrogen (secondary N) is 1. The molecule has 1 heteroatoms. The molecule has 0 spiro atoms. The highest BCUT2D eigenvalue weighted by molar-refractivity contribution is 4.98. The van der Waals surface area contributed by atoms with Crippen molar-refractivity contribution in [2.24, 2.45) is 17.8 Å². The predicted molar refractivity (Wildman–Crippen MR) is 102 cm³/mol. The van der Waals surface area contributed by atoms with E-state index in [0.29, 0.717) is 0 Å². The highest BCUT2D eigenvalue weighted by Gasteiger charge is 2.06. The molecule has 0 aromatic heterocycles. The van der Waals surface area contributed by atoms with E-state index in [1.807, 2.05) is 7.05 Å². The largest absolute Gasteiger partial charge is 0.316 e. The molecule has 0 fully saturated rings. The van der Waals surface area contributed by atoms with E-state index in [2.05, 4.69) is 46.0 Å². The van der Waals surface area contributed by atoms with Crippen LogP contribution in [0.25, 0.3) is 0 Å². The van der Waals surface area contributed by atoms with Crippen molar-refractivity contribution in [3.8, 4) is 0 Å². The van der Waals surface area contributed by atoms with E-state index in [0.717, 1.165) is 24.3 Å². The van der Waals surface area contributed by atoms with Crippen molar-refractivity contribution in [3.63, 3.8) is 0 Å². The van der Waals surface area contributed by atoms with Crippen LogP contribution in [0.1, 0.15) is 92.4 Å². The molecule has 132 valence electrons. The van der Waals surface area contributed by atoms with Gasteiger partial charge in [0.05, 0.1) is 0 Å². The molecule has 22 heavy (non-hydrogen) atoms. The monoisotopic (exact) mass is 309 g/mol. The first kappa shape index (κ1) is 21.7. The molecule has 0 rings (SSSR count). The third kappa shape index (κ3) is 14.6. The van der Waals surface area contributed by atoms with Gasteiger partial charge in [0, 0.05) is 6.54 Å². The van der Waals surface area contributed by atoms with Gasteiger partial charge in [0.2, 0.25) is 0 Å². The Morgan fingerprint density at radius 3 is 1.82 bits per heavy atom. The number of hydrogen-bond donors (Lipinski definition) is 1.